The highest BCUT2D eigenvalue weighted by Crippen LogP contribution is 2.53. The zero-order valence-electron chi connectivity index (χ0n) is 23.2. The zero-order valence-corrected chi connectivity index (χ0v) is 25.0. The first-order valence-electron chi connectivity index (χ1n) is 13.2. The minimum Gasteiger partial charge on any atom is -0.386 e. The lowest BCUT2D eigenvalue weighted by Gasteiger charge is -2.25. The van der Waals surface area contributed by atoms with E-state index in [0.717, 1.165) is 7.11 Å². The van der Waals surface area contributed by atoms with Gasteiger partial charge in [-0.15, -0.1) is 0 Å². The van der Waals surface area contributed by atoms with Gasteiger partial charge in [0.05, 0.1) is 32.0 Å². The molecule has 0 bridgehead atoms. The molecule has 244 valence electrons. The van der Waals surface area contributed by atoms with Crippen LogP contribution in [-0.4, -0.2) is 98.7 Å². The van der Waals surface area contributed by atoms with E-state index in [1.807, 2.05) is 0 Å². The van der Waals surface area contributed by atoms with Gasteiger partial charge in [-0.1, -0.05) is 0 Å². The van der Waals surface area contributed by atoms with Crippen molar-refractivity contribution in [2.24, 2.45) is 0 Å². The molecule has 4 aromatic heterocycles. The van der Waals surface area contributed by atoms with Crippen LogP contribution in [0.15, 0.2) is 23.8 Å². The SMILES string of the molecule is COP(=O)(OC[C@@H]1CC[C@H](n2cnc3c(=O)[nH]c(N)nc32)O1)O[C@H]1[C@@H](O)[C@H](n2cnc3c(N)ncnc32)O[C@@H]1COP(=O)(O)O. The first-order valence-corrected chi connectivity index (χ1v) is 16.2. The molecule has 0 aromatic carbocycles. The molecule has 6 rings (SSSR count). The number of aromatic amines is 1. The van der Waals surface area contributed by atoms with E-state index >= 15 is 0 Å². The summed E-state index contributed by atoms with van der Waals surface area (Å²) in [6.45, 7) is -1.06. The molecule has 0 spiro atoms. The van der Waals surface area contributed by atoms with Gasteiger partial charge < -0.3 is 35.8 Å². The Morgan fingerprint density at radius 2 is 1.78 bits per heavy atom. The van der Waals surface area contributed by atoms with Crippen LogP contribution in [-0.2, 0) is 36.7 Å². The fourth-order valence-electron chi connectivity index (χ4n) is 5.06. The lowest BCUT2D eigenvalue weighted by molar-refractivity contribution is -0.0518. The van der Waals surface area contributed by atoms with E-state index < -0.39 is 64.7 Å². The van der Waals surface area contributed by atoms with Crippen LogP contribution in [0.25, 0.3) is 22.3 Å². The van der Waals surface area contributed by atoms with E-state index in [0.29, 0.717) is 12.8 Å². The van der Waals surface area contributed by atoms with Crippen LogP contribution in [0.4, 0.5) is 11.8 Å². The molecule has 6 heterocycles. The van der Waals surface area contributed by atoms with Gasteiger partial charge in [0.15, 0.2) is 28.9 Å². The Hall–Kier alpha value is -3.40. The van der Waals surface area contributed by atoms with Crippen molar-refractivity contribution in [3.05, 3.63) is 29.3 Å². The number of H-pyrrole nitrogens is 1. The Labute approximate surface area is 251 Å². The Bertz CT molecular complexity index is 1860. The van der Waals surface area contributed by atoms with Gasteiger partial charge in [-0.05, 0) is 12.8 Å². The van der Waals surface area contributed by atoms with Gasteiger partial charge in [-0.2, -0.15) is 4.98 Å². The third-order valence-corrected chi connectivity index (χ3v) is 9.02. The highest BCUT2D eigenvalue weighted by atomic mass is 31.2. The minimum absolute atomic E-state index is 0.0596. The number of aliphatic hydroxyl groups excluding tert-OH is 1. The Morgan fingerprint density at radius 1 is 1.02 bits per heavy atom. The van der Waals surface area contributed by atoms with Gasteiger partial charge in [0, 0.05) is 7.11 Å². The summed E-state index contributed by atoms with van der Waals surface area (Å²) >= 11 is 0. The molecule has 2 saturated heterocycles. The van der Waals surface area contributed by atoms with Crippen molar-refractivity contribution in [3.8, 4) is 0 Å². The van der Waals surface area contributed by atoms with Gasteiger partial charge in [0.1, 0.15) is 36.4 Å². The van der Waals surface area contributed by atoms with Crippen molar-refractivity contribution in [2.75, 3.05) is 31.8 Å². The molecule has 2 aliphatic heterocycles. The first kappa shape index (κ1) is 31.6. The first-order chi connectivity index (χ1) is 21.4. The van der Waals surface area contributed by atoms with Crippen LogP contribution >= 0.6 is 15.6 Å². The second-order valence-electron chi connectivity index (χ2n) is 9.99. The molecule has 45 heavy (non-hydrogen) atoms. The molecule has 24 heteroatoms. The zero-order chi connectivity index (χ0) is 32.1. The summed E-state index contributed by atoms with van der Waals surface area (Å²) in [5.74, 6) is -0.0295. The monoisotopic (exact) mass is 674 g/mol. The maximum Gasteiger partial charge on any atom is 0.475 e. The predicted octanol–water partition coefficient (Wildman–Crippen LogP) is -0.675. The van der Waals surface area contributed by atoms with Gasteiger partial charge in [0.25, 0.3) is 5.56 Å². The summed E-state index contributed by atoms with van der Waals surface area (Å²) < 4.78 is 60.5. The highest BCUT2D eigenvalue weighted by molar-refractivity contribution is 7.48. The molecule has 7 atom stereocenters. The van der Waals surface area contributed by atoms with Crippen molar-refractivity contribution in [1.29, 1.82) is 0 Å². The molecule has 0 radical (unpaired) electrons. The number of nitrogens with one attached hydrogen (secondary N) is 1. The summed E-state index contributed by atoms with van der Waals surface area (Å²) in [5.41, 5.74) is 11.7. The molecule has 8 N–H and O–H groups in total. The van der Waals surface area contributed by atoms with Gasteiger partial charge >= 0.3 is 15.6 Å². The number of anilines is 2. The third kappa shape index (κ3) is 6.35. The summed E-state index contributed by atoms with van der Waals surface area (Å²) in [7, 11) is -8.40. The molecule has 1 unspecified atom stereocenters. The van der Waals surface area contributed by atoms with E-state index in [9.17, 15) is 28.8 Å². The number of hydrogen-bond donors (Lipinski definition) is 6. The van der Waals surface area contributed by atoms with E-state index in [4.69, 9.17) is 34.5 Å². The van der Waals surface area contributed by atoms with Crippen molar-refractivity contribution < 1.29 is 51.6 Å². The van der Waals surface area contributed by atoms with Crippen molar-refractivity contribution in [3.63, 3.8) is 0 Å². The summed E-state index contributed by atoms with van der Waals surface area (Å²) in [6.07, 6.45) is -2.36. The molecule has 0 amide bonds. The topological polar surface area (TPSA) is 309 Å². The van der Waals surface area contributed by atoms with Crippen molar-refractivity contribution in [1.82, 2.24) is 39.0 Å². The Balaban J connectivity index is 1.16. The molecule has 2 fully saturated rings. The van der Waals surface area contributed by atoms with Gasteiger partial charge in [-0.25, -0.2) is 29.1 Å². The van der Waals surface area contributed by atoms with Crippen LogP contribution in [0.5, 0.6) is 0 Å². The highest BCUT2D eigenvalue weighted by Gasteiger charge is 2.50. The van der Waals surface area contributed by atoms with Crippen LogP contribution in [0, 0.1) is 0 Å². The van der Waals surface area contributed by atoms with Crippen molar-refractivity contribution >= 4 is 49.7 Å². The normalized spacial score (nSPS) is 27.0. The molecule has 4 aromatic rings. The van der Waals surface area contributed by atoms with Crippen LogP contribution in [0.2, 0.25) is 0 Å². The number of nitrogens with two attached hydrogens (primary N) is 2. The number of hydrogen-bond acceptors (Lipinski definition) is 17. The minimum atomic E-state index is -4.98. The lowest BCUT2D eigenvalue weighted by Crippen LogP contribution is -2.36. The molecule has 0 aliphatic carbocycles. The van der Waals surface area contributed by atoms with Crippen molar-refractivity contribution in [2.45, 2.75) is 49.7 Å². The van der Waals surface area contributed by atoms with E-state index in [1.165, 1.54) is 23.5 Å². The number of imidazole rings is 2. The number of aromatic nitrogens is 8. The van der Waals surface area contributed by atoms with E-state index in [-0.39, 0.29) is 40.7 Å². The fourth-order valence-corrected chi connectivity index (χ4v) is 6.56. The summed E-state index contributed by atoms with van der Waals surface area (Å²) in [4.78, 5) is 53.2. The second-order valence-corrected chi connectivity index (χ2v) is 13.0. The van der Waals surface area contributed by atoms with Gasteiger partial charge in [0.2, 0.25) is 5.95 Å². The number of fused-ring (bicyclic) bond motifs is 2. The number of ether oxygens (including phenoxy) is 2. The molecular formula is C21H28N10O12P2. The number of aliphatic hydroxyl groups is 1. The molecule has 2 aliphatic rings. The lowest BCUT2D eigenvalue weighted by atomic mass is 10.1. The van der Waals surface area contributed by atoms with Crippen LogP contribution < -0.4 is 17.0 Å². The predicted molar refractivity (Wildman–Crippen MR) is 149 cm³/mol. The summed E-state index contributed by atoms with van der Waals surface area (Å²) in [6, 6.07) is 0. The average Bonchev–Trinajstić information content (AvgIpc) is 3.77. The van der Waals surface area contributed by atoms with Crippen LogP contribution in [0.1, 0.15) is 25.3 Å². The molecular weight excluding hydrogens is 646 g/mol. The molecule has 22 nitrogen and oxygen atoms in total. The largest absolute Gasteiger partial charge is 0.475 e. The maximum absolute atomic E-state index is 13.6. The average molecular weight is 674 g/mol. The quantitative estimate of drug-likeness (QED) is 0.107. The molecule has 0 saturated carbocycles. The van der Waals surface area contributed by atoms with Gasteiger partial charge in [-0.3, -0.25) is 37.0 Å². The maximum atomic E-state index is 13.6. The number of rotatable bonds is 11. The Morgan fingerprint density at radius 3 is 2.53 bits per heavy atom. The smallest absolute Gasteiger partial charge is 0.386 e. The standard InChI is InChI=1S/C21H28N10O12P2/c1-38-45(37,40-4-9-2-3-11(41-9)30-7-27-13-18(30)28-21(23)29-19(13)33)43-15-10(5-39-44(34,35)36)42-20(14(15)32)31-8-26-12-16(22)24-6-25-17(12)31/h6-11,14-15,20,32H,2-5H2,1H3,(H2,22,24,25)(H2,34,35,36)(H3,23,28,29,33)/t9-,10+,11+,14+,15+,20+,45?/m0/s1. The van der Waals surface area contributed by atoms with E-state index in [1.54, 1.807) is 4.57 Å². The second kappa shape index (κ2) is 12.1. The number of nitrogen functional groups attached to an aromatic ring is 2. The summed E-state index contributed by atoms with van der Waals surface area (Å²) in [5, 5.41) is 11.2. The number of nitrogens with zero attached hydrogens (tertiary/aromatic N) is 7. The number of phosphoric acid groups is 2. The third-order valence-electron chi connectivity index (χ3n) is 7.12. The van der Waals surface area contributed by atoms with E-state index in [2.05, 4.69) is 34.4 Å². The Kier molecular flexibility index (Phi) is 8.48. The number of phosphoric ester groups is 2. The van der Waals surface area contributed by atoms with Crippen LogP contribution in [0.3, 0.4) is 0 Å². The fraction of sp³-hybridized carbons (Fsp3) is 0.524.